The molecule has 6 heterocycles. The van der Waals surface area contributed by atoms with E-state index in [1.54, 1.807) is 24.1 Å². The first kappa shape index (κ1) is 43.0. The molecule has 0 amide bonds. The van der Waals surface area contributed by atoms with Crippen LogP contribution in [0.25, 0.3) is 11.2 Å². The SMILES string of the molecule is COc1ccc(CN2C[C@@H](COP(=O)([O-])OP(=O)([O-])OP(=O)([O-])OCC3C[C@@H](O)C(n4cnc5c(=O)[nH]c(N)nc54)O3)O[C@@H](N3C[NH+](C)c4c3nc(N)[nH]c4=O)C2)cc1. The topological polar surface area (TPSA) is 378 Å². The summed E-state index contributed by atoms with van der Waals surface area (Å²) in [5, 5.41) is 10.6. The summed E-state index contributed by atoms with van der Waals surface area (Å²) in [6.07, 6.45) is -4.75. The second kappa shape index (κ2) is 16.7. The van der Waals surface area contributed by atoms with Gasteiger partial charge in [0.25, 0.3) is 29.0 Å². The molecule has 2 fully saturated rings. The molecule has 9 atom stereocenters. The molecule has 0 bridgehead atoms. The van der Waals surface area contributed by atoms with Crippen LogP contribution in [0.5, 0.6) is 5.75 Å². The van der Waals surface area contributed by atoms with Crippen LogP contribution in [0, 0.1) is 0 Å². The van der Waals surface area contributed by atoms with Gasteiger partial charge in [0.2, 0.25) is 23.4 Å². The number of quaternary nitrogens is 1. The van der Waals surface area contributed by atoms with Crippen LogP contribution < -0.4 is 51.8 Å². The fraction of sp³-hybridized carbons (Fsp3) is 0.483. The van der Waals surface area contributed by atoms with Crippen molar-refractivity contribution in [1.29, 1.82) is 0 Å². The summed E-state index contributed by atoms with van der Waals surface area (Å²) in [5.74, 6) is 0.488. The number of imidazole rings is 1. The molecule has 3 aliphatic heterocycles. The Morgan fingerprint density at radius 2 is 1.58 bits per heavy atom. The predicted molar refractivity (Wildman–Crippen MR) is 194 cm³/mol. The predicted octanol–water partition coefficient (Wildman–Crippen LogP) is -3.65. The number of rotatable bonds is 15. The van der Waals surface area contributed by atoms with Crippen molar-refractivity contribution in [3.05, 3.63) is 56.9 Å². The van der Waals surface area contributed by atoms with Gasteiger partial charge in [0, 0.05) is 26.1 Å². The van der Waals surface area contributed by atoms with Crippen LogP contribution in [0.1, 0.15) is 18.2 Å². The van der Waals surface area contributed by atoms with E-state index < -0.39 is 78.6 Å². The number of aliphatic hydroxyl groups excluding tert-OH is 1. The number of hydrogen-bond acceptors (Lipinski definition) is 23. The van der Waals surface area contributed by atoms with E-state index in [2.05, 4.69) is 38.1 Å². The van der Waals surface area contributed by atoms with Gasteiger partial charge in [0.05, 0.1) is 45.9 Å². The van der Waals surface area contributed by atoms with Gasteiger partial charge in [-0.1, -0.05) is 12.1 Å². The fourth-order valence-electron chi connectivity index (χ4n) is 6.86. The number of methoxy groups -OCH3 is 1. The lowest BCUT2D eigenvalue weighted by atomic mass is 10.1. The summed E-state index contributed by atoms with van der Waals surface area (Å²) in [5.41, 5.74) is 11.3. The summed E-state index contributed by atoms with van der Waals surface area (Å²) in [4.78, 5) is 83.7. The molecular formula is C29H38N11O16P3-2. The maximum atomic E-state index is 12.8. The minimum atomic E-state index is -6.25. The van der Waals surface area contributed by atoms with Crippen molar-refractivity contribution in [2.45, 2.75) is 43.7 Å². The summed E-state index contributed by atoms with van der Waals surface area (Å²) < 4.78 is 73.5. The first-order valence-corrected chi connectivity index (χ1v) is 21.9. The van der Waals surface area contributed by atoms with Crippen molar-refractivity contribution in [3.63, 3.8) is 0 Å². The smallest absolute Gasteiger partial charge is 0.315 e. The van der Waals surface area contributed by atoms with Crippen molar-refractivity contribution in [3.8, 4) is 5.75 Å². The standard InChI is InChI=1S/C29H40N11O16P3/c1-37-14-40(24-22(37)26(43)36-29(31)34-24)20-10-38(8-15-3-5-16(50-2)6-4-15)9-18(53-20)12-52-58(46,47)56-59(48,49)55-57(44,45)51-11-17-7-19(41)27(54-17)39-13-32-21-23(39)33-28(30)35-25(21)42/h3-6,13,17-20,27,41H,7-12,14H2,1-2H3,(H,44,45)(H,46,47)(H,48,49)(H3,30,33,35,42)(H3,31,34,36,43)/p-2/t17?,18-,19+,20+,27?/m0/s1. The van der Waals surface area contributed by atoms with Crippen LogP contribution in [-0.2, 0) is 47.4 Å². The van der Waals surface area contributed by atoms with E-state index in [0.717, 1.165) is 11.9 Å². The lowest BCUT2D eigenvalue weighted by Gasteiger charge is -2.41. The Labute approximate surface area is 332 Å². The van der Waals surface area contributed by atoms with Crippen molar-refractivity contribution in [2.75, 3.05) is 63.5 Å². The number of fused-ring (bicyclic) bond motifs is 2. The van der Waals surface area contributed by atoms with E-state index in [1.165, 1.54) is 11.7 Å². The number of nitrogens with two attached hydrogens (primary N) is 2. The van der Waals surface area contributed by atoms with Gasteiger partial charge in [-0.05, 0) is 17.7 Å². The van der Waals surface area contributed by atoms with Crippen LogP contribution in [-0.4, -0.2) is 111 Å². The molecule has 4 aromatic rings. The van der Waals surface area contributed by atoms with Gasteiger partial charge in [-0.3, -0.25) is 52.5 Å². The Morgan fingerprint density at radius 1 is 0.932 bits per heavy atom. The Morgan fingerprint density at radius 3 is 2.25 bits per heavy atom. The summed E-state index contributed by atoms with van der Waals surface area (Å²) in [6.45, 7) is -0.859. The number of anilines is 3. The van der Waals surface area contributed by atoms with Crippen LogP contribution in [0.4, 0.5) is 23.4 Å². The number of morpholine rings is 1. The highest BCUT2D eigenvalue weighted by atomic mass is 31.3. The van der Waals surface area contributed by atoms with Crippen LogP contribution >= 0.6 is 23.5 Å². The molecule has 0 aliphatic carbocycles. The first-order valence-electron chi connectivity index (χ1n) is 17.5. The van der Waals surface area contributed by atoms with Crippen LogP contribution in [0.3, 0.4) is 0 Å². The molecule has 0 saturated carbocycles. The van der Waals surface area contributed by atoms with E-state index >= 15 is 0 Å². The highest BCUT2D eigenvalue weighted by Gasteiger charge is 2.42. The second-order valence-electron chi connectivity index (χ2n) is 13.6. The fourth-order valence-corrected chi connectivity index (χ4v) is 10.3. The van der Waals surface area contributed by atoms with Crippen LogP contribution in [0.15, 0.2) is 40.2 Å². The number of nitrogen functional groups attached to an aromatic ring is 2. The molecule has 322 valence electrons. The number of phosphoric ester groups is 2. The number of benzene rings is 1. The minimum Gasteiger partial charge on any atom is -0.756 e. The lowest BCUT2D eigenvalue weighted by Crippen LogP contribution is -3.04. The van der Waals surface area contributed by atoms with Gasteiger partial charge < -0.3 is 54.5 Å². The van der Waals surface area contributed by atoms with Crippen molar-refractivity contribution >= 4 is 58.0 Å². The molecule has 59 heavy (non-hydrogen) atoms. The molecular weight excluding hydrogens is 851 g/mol. The number of hydrogen-bond donors (Lipinski definition) is 6. The number of ether oxygens (including phenoxy) is 3. The number of aromatic amines is 2. The van der Waals surface area contributed by atoms with E-state index in [9.17, 15) is 43.1 Å². The van der Waals surface area contributed by atoms with Crippen molar-refractivity contribution in [2.24, 2.45) is 0 Å². The Bertz CT molecular complexity index is 2450. The molecule has 3 aliphatic rings. The first-order chi connectivity index (χ1) is 27.8. The zero-order chi connectivity index (χ0) is 42.4. The van der Waals surface area contributed by atoms with Crippen molar-refractivity contribution < 1.29 is 70.3 Å². The van der Waals surface area contributed by atoms with E-state index in [1.807, 2.05) is 17.0 Å². The third kappa shape index (κ3) is 9.92. The molecule has 0 radical (unpaired) electrons. The van der Waals surface area contributed by atoms with Gasteiger partial charge in [0.15, 0.2) is 24.1 Å². The quantitative estimate of drug-likeness (QED) is 0.0627. The maximum absolute atomic E-state index is 12.8. The molecule has 27 nitrogen and oxygen atoms in total. The molecule has 30 heteroatoms. The monoisotopic (exact) mass is 889 g/mol. The number of phosphoric acid groups is 3. The second-order valence-corrected chi connectivity index (χ2v) is 18.1. The Balaban J connectivity index is 0.968. The molecule has 8 N–H and O–H groups in total. The summed E-state index contributed by atoms with van der Waals surface area (Å²) in [6, 6.07) is 7.17. The molecule has 7 rings (SSSR count). The summed E-state index contributed by atoms with van der Waals surface area (Å²) in [7, 11) is -14.7. The molecule has 1 aromatic carbocycles. The van der Waals surface area contributed by atoms with Gasteiger partial charge in [-0.2, -0.15) is 9.97 Å². The Hall–Kier alpha value is -4.14. The lowest BCUT2D eigenvalue weighted by molar-refractivity contribution is -0.804. The van der Waals surface area contributed by atoms with E-state index in [4.69, 9.17) is 30.2 Å². The maximum Gasteiger partial charge on any atom is 0.315 e. The van der Waals surface area contributed by atoms with Gasteiger partial charge >= 0.3 is 5.56 Å². The minimum absolute atomic E-state index is 0.0454. The third-order valence-electron chi connectivity index (χ3n) is 9.29. The molecule has 6 unspecified atom stereocenters. The zero-order valence-electron chi connectivity index (χ0n) is 31.0. The van der Waals surface area contributed by atoms with E-state index in [-0.39, 0.29) is 55.1 Å². The number of nitrogens with one attached hydrogen (secondary N) is 3. The molecule has 2 saturated heterocycles. The molecule has 0 spiro atoms. The highest BCUT2D eigenvalue weighted by Crippen LogP contribution is 2.63. The highest BCUT2D eigenvalue weighted by molar-refractivity contribution is 7.65. The molecule has 3 aromatic heterocycles. The number of aliphatic hydroxyl groups is 1. The Kier molecular flexibility index (Phi) is 12.2. The van der Waals surface area contributed by atoms with Gasteiger partial charge in [-0.15, -0.1) is 0 Å². The summed E-state index contributed by atoms with van der Waals surface area (Å²) >= 11 is 0. The van der Waals surface area contributed by atoms with Crippen molar-refractivity contribution in [1.82, 2.24) is 34.4 Å². The largest absolute Gasteiger partial charge is 0.756 e. The normalized spacial score (nSPS) is 26.6. The number of H-pyrrole nitrogens is 2. The van der Waals surface area contributed by atoms with Gasteiger partial charge in [0.1, 0.15) is 18.1 Å². The van der Waals surface area contributed by atoms with Crippen LogP contribution in [0.2, 0.25) is 0 Å². The number of nitrogens with zero attached hydrogens (tertiary/aromatic N) is 6. The third-order valence-corrected chi connectivity index (χ3v) is 13.4. The average Bonchev–Trinajstić information content (AvgIpc) is 3.83. The average molecular weight is 890 g/mol. The van der Waals surface area contributed by atoms with Gasteiger partial charge in [-0.25, -0.2) is 13.6 Å². The zero-order valence-corrected chi connectivity index (χ0v) is 33.7. The van der Waals surface area contributed by atoms with E-state index in [0.29, 0.717) is 22.9 Å². The number of aromatic nitrogens is 6.